The van der Waals surface area contributed by atoms with Gasteiger partial charge in [-0.2, -0.15) is 4.31 Å². The van der Waals surface area contributed by atoms with Crippen molar-refractivity contribution in [3.63, 3.8) is 0 Å². The SMILES string of the molecule is CCOC1CN(C(=O)C2CCC(c3ccccc3)N(S(=O)(=O)c3ccccc3)C2)C1. The first kappa shape index (κ1) is 21.0. The molecule has 2 saturated heterocycles. The number of benzene rings is 2. The van der Waals surface area contributed by atoms with Crippen LogP contribution in [0.5, 0.6) is 0 Å². The Kier molecular flexibility index (Phi) is 6.22. The summed E-state index contributed by atoms with van der Waals surface area (Å²) in [6, 6.07) is 17.9. The second-order valence-electron chi connectivity index (χ2n) is 7.91. The molecule has 0 aliphatic carbocycles. The summed E-state index contributed by atoms with van der Waals surface area (Å²) in [4.78, 5) is 15.1. The Morgan fingerprint density at radius 2 is 1.60 bits per heavy atom. The first-order chi connectivity index (χ1) is 14.5. The van der Waals surface area contributed by atoms with Gasteiger partial charge in [-0.15, -0.1) is 0 Å². The van der Waals surface area contributed by atoms with Gasteiger partial charge in [-0.25, -0.2) is 8.42 Å². The fourth-order valence-corrected chi connectivity index (χ4v) is 6.07. The van der Waals surface area contributed by atoms with Gasteiger partial charge in [0, 0.05) is 26.2 Å². The normalized spacial score (nSPS) is 23.2. The van der Waals surface area contributed by atoms with E-state index in [1.807, 2.05) is 37.3 Å². The molecule has 1 amide bonds. The number of hydrogen-bond acceptors (Lipinski definition) is 4. The van der Waals surface area contributed by atoms with E-state index in [-0.39, 0.29) is 35.4 Å². The molecule has 7 heteroatoms. The summed E-state index contributed by atoms with van der Waals surface area (Å²) >= 11 is 0. The molecule has 2 aliphatic rings. The highest BCUT2D eigenvalue weighted by molar-refractivity contribution is 7.89. The molecule has 160 valence electrons. The van der Waals surface area contributed by atoms with Crippen LogP contribution in [0, 0.1) is 5.92 Å². The molecule has 0 bridgehead atoms. The molecular weight excluding hydrogens is 400 g/mol. The number of hydrogen-bond donors (Lipinski definition) is 0. The molecule has 2 aromatic rings. The van der Waals surface area contributed by atoms with Crippen LogP contribution in [0.15, 0.2) is 65.6 Å². The summed E-state index contributed by atoms with van der Waals surface area (Å²) in [5.41, 5.74) is 0.961. The Bertz CT molecular complexity index is 959. The molecule has 2 heterocycles. The lowest BCUT2D eigenvalue weighted by atomic mass is 9.89. The molecular formula is C23H28N2O4S. The maximum Gasteiger partial charge on any atom is 0.243 e. The summed E-state index contributed by atoms with van der Waals surface area (Å²) in [6.07, 6.45) is 1.40. The van der Waals surface area contributed by atoms with Gasteiger partial charge in [0.1, 0.15) is 0 Å². The van der Waals surface area contributed by atoms with E-state index in [9.17, 15) is 13.2 Å². The van der Waals surface area contributed by atoms with Crippen molar-refractivity contribution in [2.24, 2.45) is 5.92 Å². The third kappa shape index (κ3) is 4.15. The van der Waals surface area contributed by atoms with Crippen molar-refractivity contribution in [3.8, 4) is 0 Å². The number of ether oxygens (including phenoxy) is 1. The molecule has 0 saturated carbocycles. The van der Waals surface area contributed by atoms with Crippen molar-refractivity contribution in [2.75, 3.05) is 26.2 Å². The number of amides is 1. The van der Waals surface area contributed by atoms with Gasteiger partial charge in [-0.1, -0.05) is 48.5 Å². The van der Waals surface area contributed by atoms with Crippen LogP contribution in [0.25, 0.3) is 0 Å². The van der Waals surface area contributed by atoms with Crippen molar-refractivity contribution in [3.05, 3.63) is 66.2 Å². The van der Waals surface area contributed by atoms with E-state index in [1.165, 1.54) is 4.31 Å². The fraction of sp³-hybridized carbons (Fsp3) is 0.435. The minimum absolute atomic E-state index is 0.0331. The lowest BCUT2D eigenvalue weighted by Gasteiger charge is -2.44. The van der Waals surface area contributed by atoms with Crippen molar-refractivity contribution in [2.45, 2.75) is 36.8 Å². The van der Waals surface area contributed by atoms with Crippen molar-refractivity contribution in [1.82, 2.24) is 9.21 Å². The maximum atomic E-state index is 13.5. The van der Waals surface area contributed by atoms with Gasteiger partial charge >= 0.3 is 0 Å². The second-order valence-corrected chi connectivity index (χ2v) is 9.80. The smallest absolute Gasteiger partial charge is 0.243 e. The van der Waals surface area contributed by atoms with E-state index in [4.69, 9.17) is 4.74 Å². The number of rotatable bonds is 6. The largest absolute Gasteiger partial charge is 0.375 e. The van der Waals surface area contributed by atoms with E-state index in [2.05, 4.69) is 0 Å². The summed E-state index contributed by atoms with van der Waals surface area (Å²) in [7, 11) is -3.72. The minimum atomic E-state index is -3.72. The number of sulfonamides is 1. The summed E-state index contributed by atoms with van der Waals surface area (Å²) in [6.45, 7) is 3.97. The zero-order chi connectivity index (χ0) is 21.1. The molecule has 6 nitrogen and oxygen atoms in total. The van der Waals surface area contributed by atoms with E-state index in [1.54, 1.807) is 35.2 Å². The number of nitrogens with zero attached hydrogens (tertiary/aromatic N) is 2. The van der Waals surface area contributed by atoms with E-state index < -0.39 is 10.0 Å². The lowest BCUT2D eigenvalue weighted by molar-refractivity contribution is -0.150. The van der Waals surface area contributed by atoms with Gasteiger partial charge in [0.05, 0.1) is 23.0 Å². The summed E-state index contributed by atoms with van der Waals surface area (Å²) in [5.74, 6) is -0.295. The zero-order valence-corrected chi connectivity index (χ0v) is 18.0. The molecule has 2 atom stereocenters. The molecule has 2 aliphatic heterocycles. The third-order valence-corrected chi connectivity index (χ3v) is 7.87. The zero-order valence-electron chi connectivity index (χ0n) is 17.2. The van der Waals surface area contributed by atoms with Crippen molar-refractivity contribution in [1.29, 1.82) is 0 Å². The monoisotopic (exact) mass is 428 g/mol. The molecule has 0 N–H and O–H groups in total. The van der Waals surface area contributed by atoms with Crippen LogP contribution in [0.3, 0.4) is 0 Å². The molecule has 0 spiro atoms. The van der Waals surface area contributed by atoms with Gasteiger partial charge in [-0.3, -0.25) is 4.79 Å². The molecule has 0 aromatic heterocycles. The average molecular weight is 429 g/mol. The van der Waals surface area contributed by atoms with Crippen molar-refractivity contribution >= 4 is 15.9 Å². The van der Waals surface area contributed by atoms with E-state index in [0.29, 0.717) is 32.5 Å². The Labute approximate surface area is 178 Å². The van der Waals surface area contributed by atoms with Gasteiger partial charge in [0.25, 0.3) is 0 Å². The molecule has 4 rings (SSSR count). The Balaban J connectivity index is 1.58. The average Bonchev–Trinajstić information content (AvgIpc) is 2.76. The van der Waals surface area contributed by atoms with Crippen LogP contribution in [-0.4, -0.2) is 55.9 Å². The molecule has 2 unspecified atom stereocenters. The van der Waals surface area contributed by atoms with E-state index in [0.717, 1.165) is 5.56 Å². The predicted molar refractivity (Wildman–Crippen MR) is 114 cm³/mol. The van der Waals surface area contributed by atoms with Crippen LogP contribution < -0.4 is 0 Å². The van der Waals surface area contributed by atoms with Crippen LogP contribution in [0.2, 0.25) is 0 Å². The predicted octanol–water partition coefficient (Wildman–Crippen LogP) is 3.08. The van der Waals surface area contributed by atoms with Crippen LogP contribution in [0.4, 0.5) is 0 Å². The summed E-state index contributed by atoms with van der Waals surface area (Å²) in [5, 5.41) is 0. The van der Waals surface area contributed by atoms with E-state index >= 15 is 0 Å². The first-order valence-electron chi connectivity index (χ1n) is 10.5. The molecule has 2 aromatic carbocycles. The number of piperidine rings is 1. The van der Waals surface area contributed by atoms with Gasteiger partial charge in [0.2, 0.25) is 15.9 Å². The molecule has 30 heavy (non-hydrogen) atoms. The van der Waals surface area contributed by atoms with Crippen molar-refractivity contribution < 1.29 is 17.9 Å². The van der Waals surface area contributed by atoms with Gasteiger partial charge in [-0.05, 0) is 37.5 Å². The Morgan fingerprint density at radius 3 is 2.23 bits per heavy atom. The number of likely N-dealkylation sites (tertiary alicyclic amines) is 1. The quantitative estimate of drug-likeness (QED) is 0.709. The lowest BCUT2D eigenvalue weighted by Crippen LogP contribution is -2.58. The molecule has 2 fully saturated rings. The highest BCUT2D eigenvalue weighted by Crippen LogP contribution is 2.38. The Morgan fingerprint density at radius 1 is 0.967 bits per heavy atom. The van der Waals surface area contributed by atoms with Gasteiger partial charge < -0.3 is 9.64 Å². The highest BCUT2D eigenvalue weighted by atomic mass is 32.2. The fourth-order valence-electron chi connectivity index (χ4n) is 4.36. The molecule has 0 radical (unpaired) electrons. The van der Waals surface area contributed by atoms with Gasteiger partial charge in [0.15, 0.2) is 0 Å². The first-order valence-corrected chi connectivity index (χ1v) is 12.0. The Hall–Kier alpha value is -2.22. The maximum absolute atomic E-state index is 13.5. The van der Waals surface area contributed by atoms with Crippen LogP contribution in [0.1, 0.15) is 31.4 Å². The minimum Gasteiger partial charge on any atom is -0.375 e. The standard InChI is InChI=1S/C23H28N2O4S/c1-2-29-20-16-24(17-20)23(26)19-13-14-22(18-9-5-3-6-10-18)25(15-19)30(27,28)21-11-7-4-8-12-21/h3-12,19-20,22H,2,13-17H2,1H3. The topological polar surface area (TPSA) is 66.9 Å². The third-order valence-electron chi connectivity index (χ3n) is 5.98. The highest BCUT2D eigenvalue weighted by Gasteiger charge is 2.43. The van der Waals surface area contributed by atoms with Crippen LogP contribution in [-0.2, 0) is 19.6 Å². The van der Waals surface area contributed by atoms with Crippen LogP contribution >= 0.6 is 0 Å². The second kappa shape index (κ2) is 8.88. The summed E-state index contributed by atoms with van der Waals surface area (Å²) < 4.78 is 34.1. The number of carbonyl (C=O) groups excluding carboxylic acids is 1. The number of carbonyl (C=O) groups is 1.